The molecule has 0 unspecified atom stereocenters. The predicted molar refractivity (Wildman–Crippen MR) is 39.1 cm³/mol. The third kappa shape index (κ3) is 1.45. The summed E-state index contributed by atoms with van der Waals surface area (Å²) in [6.07, 6.45) is 0. The zero-order valence-electron chi connectivity index (χ0n) is 4.89. The molecule has 1 heterocycles. The van der Waals surface area contributed by atoms with E-state index in [-0.39, 0.29) is 12.6 Å². The van der Waals surface area contributed by atoms with Crippen LogP contribution in [0.1, 0.15) is 0 Å². The van der Waals surface area contributed by atoms with E-state index in [0.29, 0.717) is 5.92 Å². The summed E-state index contributed by atoms with van der Waals surface area (Å²) < 4.78 is 0. The van der Waals surface area contributed by atoms with Crippen molar-refractivity contribution in [3.8, 4) is 10.8 Å². The molecule has 2 atom stereocenters. The maximum atomic E-state index is 8.64. The molecular weight excluding hydrogens is 182 g/mol. The molecule has 50 valence electrons. The summed E-state index contributed by atoms with van der Waals surface area (Å²) in [5.74, 6) is 3.27. The van der Waals surface area contributed by atoms with E-state index in [4.69, 9.17) is 5.11 Å². The Morgan fingerprint density at radius 3 is 2.89 bits per heavy atom. The summed E-state index contributed by atoms with van der Waals surface area (Å²) in [5, 5.41) is 11.7. The molecule has 0 aromatic carbocycles. The van der Waals surface area contributed by atoms with Gasteiger partial charge in [-0.2, -0.15) is 0 Å². The smallest absolute Gasteiger partial charge is 0.0597 e. The largest absolute Gasteiger partial charge is 0.395 e. The van der Waals surface area contributed by atoms with Gasteiger partial charge in [-0.25, -0.2) is 0 Å². The molecule has 0 radical (unpaired) electrons. The molecule has 1 fully saturated rings. The molecule has 9 heavy (non-hydrogen) atoms. The number of rotatable bonds is 1. The SMILES string of the molecule is OC[C@@H]1NC[C@H]1C#CBr. The number of hydrogen-bond donors (Lipinski definition) is 2. The fraction of sp³-hybridized carbons (Fsp3) is 0.667. The van der Waals surface area contributed by atoms with Crippen molar-refractivity contribution in [2.24, 2.45) is 5.92 Å². The summed E-state index contributed by atoms with van der Waals surface area (Å²) in [6, 6.07) is 0.204. The van der Waals surface area contributed by atoms with Crippen LogP contribution in [-0.4, -0.2) is 24.3 Å². The van der Waals surface area contributed by atoms with E-state index in [1.807, 2.05) is 0 Å². The van der Waals surface area contributed by atoms with Gasteiger partial charge in [-0.05, 0) is 4.83 Å². The molecule has 0 aromatic heterocycles. The minimum atomic E-state index is 0.187. The Morgan fingerprint density at radius 2 is 2.56 bits per heavy atom. The monoisotopic (exact) mass is 189 g/mol. The van der Waals surface area contributed by atoms with Gasteiger partial charge in [-0.3, -0.25) is 0 Å². The van der Waals surface area contributed by atoms with Crippen LogP contribution < -0.4 is 5.32 Å². The molecule has 1 saturated heterocycles. The van der Waals surface area contributed by atoms with Gasteiger partial charge in [-0.15, -0.1) is 0 Å². The van der Waals surface area contributed by atoms with Gasteiger partial charge < -0.3 is 10.4 Å². The molecule has 2 N–H and O–H groups in total. The van der Waals surface area contributed by atoms with Gasteiger partial charge in [0.2, 0.25) is 0 Å². The van der Waals surface area contributed by atoms with Crippen LogP contribution in [0.2, 0.25) is 0 Å². The van der Waals surface area contributed by atoms with Gasteiger partial charge >= 0.3 is 0 Å². The summed E-state index contributed by atoms with van der Waals surface area (Å²) >= 11 is 3.01. The predicted octanol–water partition coefficient (Wildman–Crippen LogP) is -0.0775. The Bertz CT molecular complexity index is 147. The Labute approximate surface area is 62.8 Å². The second-order valence-electron chi connectivity index (χ2n) is 2.04. The third-order valence-corrected chi connectivity index (χ3v) is 1.75. The fourth-order valence-corrected chi connectivity index (χ4v) is 1.11. The summed E-state index contributed by atoms with van der Waals surface area (Å²) in [7, 11) is 0. The highest BCUT2D eigenvalue weighted by Crippen LogP contribution is 2.10. The van der Waals surface area contributed by atoms with Crippen molar-refractivity contribution in [2.75, 3.05) is 13.2 Å². The molecule has 0 spiro atoms. The van der Waals surface area contributed by atoms with Gasteiger partial charge in [0.05, 0.1) is 12.5 Å². The van der Waals surface area contributed by atoms with Crippen molar-refractivity contribution >= 4 is 15.9 Å². The van der Waals surface area contributed by atoms with Crippen molar-refractivity contribution in [3.05, 3.63) is 0 Å². The number of hydrogen-bond acceptors (Lipinski definition) is 2. The first-order valence-corrected chi connectivity index (χ1v) is 3.63. The van der Waals surface area contributed by atoms with Crippen molar-refractivity contribution in [2.45, 2.75) is 6.04 Å². The molecule has 0 saturated carbocycles. The molecular formula is C6H8BrNO. The van der Waals surface area contributed by atoms with Crippen molar-refractivity contribution in [1.82, 2.24) is 5.32 Å². The van der Waals surface area contributed by atoms with Crippen LogP contribution in [0.4, 0.5) is 0 Å². The third-order valence-electron chi connectivity index (χ3n) is 1.52. The van der Waals surface area contributed by atoms with Crippen LogP contribution in [0.15, 0.2) is 0 Å². The minimum absolute atomic E-state index is 0.187. The number of aliphatic hydroxyl groups excluding tert-OH is 1. The van der Waals surface area contributed by atoms with E-state index < -0.39 is 0 Å². The number of aliphatic hydroxyl groups is 1. The topological polar surface area (TPSA) is 32.3 Å². The lowest BCUT2D eigenvalue weighted by Crippen LogP contribution is -2.54. The van der Waals surface area contributed by atoms with Gasteiger partial charge in [-0.1, -0.05) is 5.92 Å². The number of nitrogens with one attached hydrogen (secondary N) is 1. The lowest BCUT2D eigenvalue weighted by Gasteiger charge is -2.32. The Hall–Kier alpha value is -0.0400. The molecule has 0 bridgehead atoms. The van der Waals surface area contributed by atoms with E-state index in [0.717, 1.165) is 6.54 Å². The molecule has 1 aliphatic heterocycles. The summed E-state index contributed by atoms with van der Waals surface area (Å²) in [5.41, 5.74) is 0. The molecule has 0 aromatic rings. The molecule has 3 heteroatoms. The Balaban J connectivity index is 2.33. The summed E-state index contributed by atoms with van der Waals surface area (Å²) in [6.45, 7) is 1.09. The van der Waals surface area contributed by atoms with Crippen LogP contribution in [0, 0.1) is 16.7 Å². The standard InChI is InChI=1S/C6H8BrNO/c7-2-1-5-3-8-6(5)4-9/h5-6,8-9H,3-4H2/t5-,6+/m1/s1. The highest BCUT2D eigenvalue weighted by Gasteiger charge is 2.27. The normalized spacial score (nSPS) is 32.2. The van der Waals surface area contributed by atoms with Crippen molar-refractivity contribution < 1.29 is 5.11 Å². The van der Waals surface area contributed by atoms with Gasteiger partial charge in [0.25, 0.3) is 0 Å². The zero-order valence-corrected chi connectivity index (χ0v) is 6.48. The van der Waals surface area contributed by atoms with Gasteiger partial charge in [0.1, 0.15) is 0 Å². The fourth-order valence-electron chi connectivity index (χ4n) is 0.816. The van der Waals surface area contributed by atoms with E-state index in [2.05, 4.69) is 32.0 Å². The van der Waals surface area contributed by atoms with Crippen molar-refractivity contribution in [3.63, 3.8) is 0 Å². The van der Waals surface area contributed by atoms with Crippen LogP contribution in [0.25, 0.3) is 0 Å². The molecule has 2 nitrogen and oxygen atoms in total. The molecule has 0 amide bonds. The van der Waals surface area contributed by atoms with E-state index in [9.17, 15) is 0 Å². The highest BCUT2D eigenvalue weighted by molar-refractivity contribution is 9.12. The first-order valence-electron chi connectivity index (χ1n) is 2.84. The van der Waals surface area contributed by atoms with Gasteiger partial charge in [0.15, 0.2) is 0 Å². The minimum Gasteiger partial charge on any atom is -0.395 e. The Kier molecular flexibility index (Phi) is 2.52. The molecule has 0 aliphatic carbocycles. The average Bonchev–Trinajstić information content (AvgIpc) is 1.82. The lowest BCUT2D eigenvalue weighted by atomic mass is 9.94. The zero-order chi connectivity index (χ0) is 6.69. The van der Waals surface area contributed by atoms with E-state index in [1.54, 1.807) is 0 Å². The molecule has 1 aliphatic rings. The molecule has 1 rings (SSSR count). The Morgan fingerprint density at radius 1 is 1.78 bits per heavy atom. The van der Waals surface area contributed by atoms with E-state index >= 15 is 0 Å². The average molecular weight is 190 g/mol. The second kappa shape index (κ2) is 3.21. The number of halogens is 1. The highest BCUT2D eigenvalue weighted by atomic mass is 79.9. The maximum Gasteiger partial charge on any atom is 0.0597 e. The summed E-state index contributed by atoms with van der Waals surface area (Å²) in [4.78, 5) is 2.65. The van der Waals surface area contributed by atoms with Crippen LogP contribution in [0.3, 0.4) is 0 Å². The van der Waals surface area contributed by atoms with Crippen LogP contribution in [-0.2, 0) is 0 Å². The quantitative estimate of drug-likeness (QED) is 0.567. The van der Waals surface area contributed by atoms with Crippen LogP contribution >= 0.6 is 15.9 Å². The van der Waals surface area contributed by atoms with Crippen LogP contribution in [0.5, 0.6) is 0 Å². The maximum absolute atomic E-state index is 8.64. The van der Waals surface area contributed by atoms with Gasteiger partial charge in [0, 0.05) is 28.5 Å². The van der Waals surface area contributed by atoms with E-state index in [1.165, 1.54) is 0 Å². The second-order valence-corrected chi connectivity index (χ2v) is 2.44. The lowest BCUT2D eigenvalue weighted by molar-refractivity contribution is 0.166. The first-order chi connectivity index (χ1) is 4.38. The first kappa shape index (κ1) is 7.07. The van der Waals surface area contributed by atoms with Crippen molar-refractivity contribution in [1.29, 1.82) is 0 Å².